The molecule has 180 valence electrons. The molecule has 0 radical (unpaired) electrons. The molecule has 1 atom stereocenters. The molecule has 2 aromatic carbocycles. The molecule has 8 heteroatoms. The summed E-state index contributed by atoms with van der Waals surface area (Å²) in [6.45, 7) is 6.36. The predicted molar refractivity (Wildman–Crippen MR) is 133 cm³/mol. The Hall–Kier alpha value is -3.65. The van der Waals surface area contributed by atoms with Gasteiger partial charge in [-0.25, -0.2) is 4.79 Å². The van der Waals surface area contributed by atoms with Gasteiger partial charge in [0.1, 0.15) is 17.3 Å². The summed E-state index contributed by atoms with van der Waals surface area (Å²) in [5.41, 5.74) is 1.82. The molecule has 4 rings (SSSR count). The molecule has 34 heavy (non-hydrogen) atoms. The van der Waals surface area contributed by atoms with Gasteiger partial charge in [0.2, 0.25) is 0 Å². The van der Waals surface area contributed by atoms with E-state index in [9.17, 15) is 4.79 Å². The van der Waals surface area contributed by atoms with E-state index in [1.54, 1.807) is 13.4 Å². The van der Waals surface area contributed by atoms with Gasteiger partial charge in [-0.2, -0.15) is 0 Å². The third-order valence-corrected chi connectivity index (χ3v) is 5.96. The maximum atomic E-state index is 12.7. The van der Waals surface area contributed by atoms with Crippen LogP contribution in [0.3, 0.4) is 0 Å². The molecule has 2 heterocycles. The SMILES string of the molecule is CCOc1ccccc1NC(=O)NCC(c1ccco1)N1CCN(c2ccc(OC)cc2)CC1. The van der Waals surface area contributed by atoms with Crippen LogP contribution in [0.2, 0.25) is 0 Å². The van der Waals surface area contributed by atoms with Crippen molar-refractivity contribution in [3.63, 3.8) is 0 Å². The van der Waals surface area contributed by atoms with Crippen molar-refractivity contribution in [2.45, 2.75) is 13.0 Å². The molecule has 3 aromatic rings. The second kappa shape index (κ2) is 11.5. The number of benzene rings is 2. The fourth-order valence-electron chi connectivity index (χ4n) is 4.18. The fourth-order valence-corrected chi connectivity index (χ4v) is 4.18. The highest BCUT2D eigenvalue weighted by Gasteiger charge is 2.27. The molecule has 2 amide bonds. The first-order valence-corrected chi connectivity index (χ1v) is 11.6. The smallest absolute Gasteiger partial charge is 0.319 e. The number of hydrogen-bond donors (Lipinski definition) is 2. The number of hydrogen-bond acceptors (Lipinski definition) is 6. The number of furan rings is 1. The first kappa shape index (κ1) is 23.5. The highest BCUT2D eigenvalue weighted by Crippen LogP contribution is 2.26. The van der Waals surface area contributed by atoms with Gasteiger partial charge in [-0.05, 0) is 55.5 Å². The molecular formula is C26H32N4O4. The Morgan fingerprint density at radius 3 is 2.47 bits per heavy atom. The first-order chi connectivity index (χ1) is 16.7. The van der Waals surface area contributed by atoms with Gasteiger partial charge >= 0.3 is 6.03 Å². The number of carbonyl (C=O) groups is 1. The van der Waals surface area contributed by atoms with Crippen molar-refractivity contribution in [2.24, 2.45) is 0 Å². The molecule has 2 N–H and O–H groups in total. The van der Waals surface area contributed by atoms with Gasteiger partial charge < -0.3 is 29.4 Å². The van der Waals surface area contributed by atoms with Crippen molar-refractivity contribution in [3.05, 3.63) is 72.7 Å². The minimum atomic E-state index is -0.277. The number of para-hydroxylation sites is 2. The van der Waals surface area contributed by atoms with Crippen LogP contribution in [-0.2, 0) is 0 Å². The Balaban J connectivity index is 1.36. The maximum absolute atomic E-state index is 12.7. The second-order valence-corrected chi connectivity index (χ2v) is 8.02. The highest BCUT2D eigenvalue weighted by molar-refractivity contribution is 5.90. The van der Waals surface area contributed by atoms with Crippen LogP contribution < -0.4 is 25.0 Å². The number of rotatable bonds is 9. The summed E-state index contributed by atoms with van der Waals surface area (Å²) in [4.78, 5) is 17.4. The minimum Gasteiger partial charge on any atom is -0.497 e. The van der Waals surface area contributed by atoms with Crippen LogP contribution in [-0.4, -0.2) is 57.4 Å². The van der Waals surface area contributed by atoms with E-state index in [1.807, 2.05) is 55.5 Å². The van der Waals surface area contributed by atoms with E-state index in [0.717, 1.165) is 37.7 Å². The number of piperazine rings is 1. The van der Waals surface area contributed by atoms with Gasteiger partial charge in [0.15, 0.2) is 0 Å². The van der Waals surface area contributed by atoms with Gasteiger partial charge in [0, 0.05) is 38.4 Å². The molecule has 0 bridgehead atoms. The van der Waals surface area contributed by atoms with Crippen LogP contribution in [0, 0.1) is 0 Å². The Kier molecular flexibility index (Phi) is 7.93. The molecule has 0 spiro atoms. The highest BCUT2D eigenvalue weighted by atomic mass is 16.5. The Morgan fingerprint density at radius 2 is 1.79 bits per heavy atom. The summed E-state index contributed by atoms with van der Waals surface area (Å²) in [7, 11) is 1.68. The molecule has 0 saturated carbocycles. The summed E-state index contributed by atoms with van der Waals surface area (Å²) in [5, 5.41) is 5.90. The number of anilines is 2. The van der Waals surface area contributed by atoms with Crippen LogP contribution in [0.1, 0.15) is 18.7 Å². The van der Waals surface area contributed by atoms with E-state index < -0.39 is 0 Å². The summed E-state index contributed by atoms with van der Waals surface area (Å²) in [6, 6.07) is 19.1. The van der Waals surface area contributed by atoms with E-state index in [-0.39, 0.29) is 12.1 Å². The number of nitrogens with one attached hydrogen (secondary N) is 2. The van der Waals surface area contributed by atoms with Gasteiger partial charge in [-0.3, -0.25) is 4.90 Å². The lowest BCUT2D eigenvalue weighted by molar-refractivity contribution is 0.162. The third kappa shape index (κ3) is 5.82. The Morgan fingerprint density at radius 1 is 1.03 bits per heavy atom. The van der Waals surface area contributed by atoms with Crippen LogP contribution in [0.4, 0.5) is 16.2 Å². The van der Waals surface area contributed by atoms with Crippen LogP contribution >= 0.6 is 0 Å². The predicted octanol–water partition coefficient (Wildman–Crippen LogP) is 4.37. The maximum Gasteiger partial charge on any atom is 0.319 e. The monoisotopic (exact) mass is 464 g/mol. The number of amides is 2. The van der Waals surface area contributed by atoms with Crippen molar-refractivity contribution in [3.8, 4) is 11.5 Å². The summed E-state index contributed by atoms with van der Waals surface area (Å²) < 4.78 is 16.6. The number of methoxy groups -OCH3 is 1. The molecule has 0 aliphatic carbocycles. The molecule has 1 aliphatic heterocycles. The molecule has 1 aliphatic rings. The van der Waals surface area contributed by atoms with Gasteiger partial charge in [-0.1, -0.05) is 12.1 Å². The Bertz CT molecular complexity index is 1030. The summed E-state index contributed by atoms with van der Waals surface area (Å²) in [6.07, 6.45) is 1.67. The molecule has 1 aromatic heterocycles. The zero-order valence-corrected chi connectivity index (χ0v) is 19.7. The topological polar surface area (TPSA) is 79.2 Å². The van der Waals surface area contributed by atoms with Crippen molar-refractivity contribution in [2.75, 3.05) is 56.7 Å². The molecule has 1 unspecified atom stereocenters. The molecule has 8 nitrogen and oxygen atoms in total. The number of nitrogens with zero attached hydrogens (tertiary/aromatic N) is 2. The average Bonchev–Trinajstić information content (AvgIpc) is 3.41. The van der Waals surface area contributed by atoms with E-state index in [4.69, 9.17) is 13.9 Å². The van der Waals surface area contributed by atoms with Gasteiger partial charge in [0.05, 0.1) is 31.7 Å². The fraction of sp³-hybridized carbons (Fsp3) is 0.346. The average molecular weight is 465 g/mol. The number of urea groups is 1. The minimum absolute atomic E-state index is 0.0547. The first-order valence-electron chi connectivity index (χ1n) is 11.6. The van der Waals surface area contributed by atoms with Crippen LogP contribution in [0.5, 0.6) is 11.5 Å². The van der Waals surface area contributed by atoms with E-state index in [1.165, 1.54) is 5.69 Å². The van der Waals surface area contributed by atoms with Crippen molar-refractivity contribution in [1.29, 1.82) is 0 Å². The molecule has 1 fully saturated rings. The zero-order valence-electron chi connectivity index (χ0n) is 19.7. The van der Waals surface area contributed by atoms with E-state index in [0.29, 0.717) is 24.6 Å². The summed E-state index contributed by atoms with van der Waals surface area (Å²) >= 11 is 0. The van der Waals surface area contributed by atoms with Gasteiger partial charge in [-0.15, -0.1) is 0 Å². The lowest BCUT2D eigenvalue weighted by Gasteiger charge is -2.39. The lowest BCUT2D eigenvalue weighted by Crippen LogP contribution is -2.50. The van der Waals surface area contributed by atoms with Crippen LogP contribution in [0.25, 0.3) is 0 Å². The normalized spacial score (nSPS) is 14.9. The van der Waals surface area contributed by atoms with Crippen molar-refractivity contribution in [1.82, 2.24) is 10.2 Å². The van der Waals surface area contributed by atoms with Crippen LogP contribution in [0.15, 0.2) is 71.3 Å². The molecule has 1 saturated heterocycles. The largest absolute Gasteiger partial charge is 0.497 e. The standard InChI is InChI=1S/C26H32N4O4/c1-3-33-24-8-5-4-7-22(24)28-26(31)27-19-23(25-9-6-18-34-25)30-16-14-29(15-17-30)20-10-12-21(32-2)13-11-20/h4-13,18,23H,3,14-17,19H2,1-2H3,(H2,27,28,31). The van der Waals surface area contributed by atoms with Crippen molar-refractivity contribution >= 4 is 17.4 Å². The Labute approximate surface area is 200 Å². The summed E-state index contributed by atoms with van der Waals surface area (Å²) in [5.74, 6) is 2.35. The van der Waals surface area contributed by atoms with Gasteiger partial charge in [0.25, 0.3) is 0 Å². The second-order valence-electron chi connectivity index (χ2n) is 8.02. The van der Waals surface area contributed by atoms with E-state index >= 15 is 0 Å². The number of carbonyl (C=O) groups excluding carboxylic acids is 1. The zero-order chi connectivity index (χ0) is 23.8. The lowest BCUT2D eigenvalue weighted by atomic mass is 10.1. The van der Waals surface area contributed by atoms with Crippen molar-refractivity contribution < 1.29 is 18.7 Å². The number of ether oxygens (including phenoxy) is 2. The van der Waals surface area contributed by atoms with E-state index in [2.05, 4.69) is 32.6 Å². The quantitative estimate of drug-likeness (QED) is 0.490. The third-order valence-electron chi connectivity index (χ3n) is 5.96. The molecular weight excluding hydrogens is 432 g/mol.